The molecule has 8 nitrogen and oxygen atoms in total. The first-order valence-electron chi connectivity index (χ1n) is 25.1. The van der Waals surface area contributed by atoms with Gasteiger partial charge in [0.15, 0.2) is 0 Å². The number of likely N-dealkylation sites (N-methyl/N-ethyl adjacent to an activating group) is 1. The van der Waals surface area contributed by atoms with Crippen LogP contribution in [0.15, 0.2) is 12.2 Å². The molecule has 0 spiro atoms. The molecule has 3 unspecified atom stereocenters. The lowest BCUT2D eigenvalue weighted by Gasteiger charge is -2.26. The molecule has 0 aliphatic rings. The lowest BCUT2D eigenvalue weighted by molar-refractivity contribution is -0.870. The standard InChI is InChI=1S/C49H99N2O6P/c1-6-8-10-12-13-14-15-16-17-18-19-20-21-22-23-24-25-26-27-28-29-30-31-32-33-34-35-36-37-39-41-43-49(53)50-47(48(52)42-40-38-11-9-7-2)46-57-58(54,55)56-45-44-51(3,4)5/h18-19,47-48,52H,6-17,20-46H2,1-5H3,(H-,50,53,54,55)/p+1/b19-18-. The summed E-state index contributed by atoms with van der Waals surface area (Å²) in [6.45, 7) is 4.81. The molecule has 0 aromatic heterocycles. The quantitative estimate of drug-likeness (QED) is 0.0244. The zero-order valence-electron chi connectivity index (χ0n) is 39.3. The third-order valence-corrected chi connectivity index (χ3v) is 12.5. The number of rotatable bonds is 46. The second-order valence-electron chi connectivity index (χ2n) is 18.5. The number of allylic oxidation sites excluding steroid dienone is 2. The summed E-state index contributed by atoms with van der Waals surface area (Å²) < 4.78 is 23.4. The maximum Gasteiger partial charge on any atom is 0.472 e. The Bertz CT molecular complexity index is 958. The van der Waals surface area contributed by atoms with Crippen LogP contribution in [0.1, 0.15) is 245 Å². The molecule has 0 aromatic rings. The van der Waals surface area contributed by atoms with E-state index in [2.05, 4.69) is 31.3 Å². The van der Waals surface area contributed by atoms with E-state index in [0.29, 0.717) is 23.9 Å². The number of quaternary nitrogens is 1. The third kappa shape index (κ3) is 43.3. The van der Waals surface area contributed by atoms with Crippen LogP contribution >= 0.6 is 7.82 Å². The minimum absolute atomic E-state index is 0.0763. The van der Waals surface area contributed by atoms with Gasteiger partial charge in [0.25, 0.3) is 0 Å². The van der Waals surface area contributed by atoms with Gasteiger partial charge in [-0.1, -0.05) is 212 Å². The van der Waals surface area contributed by atoms with E-state index >= 15 is 0 Å². The molecule has 0 rings (SSSR count). The van der Waals surface area contributed by atoms with E-state index < -0.39 is 20.0 Å². The molecular formula is C49H100N2O6P+. The molecule has 346 valence electrons. The molecule has 0 aliphatic carbocycles. The van der Waals surface area contributed by atoms with E-state index in [4.69, 9.17) is 9.05 Å². The molecule has 9 heteroatoms. The largest absolute Gasteiger partial charge is 0.472 e. The number of carbonyl (C=O) groups excluding carboxylic acids is 1. The first-order valence-corrected chi connectivity index (χ1v) is 26.5. The van der Waals surface area contributed by atoms with Gasteiger partial charge < -0.3 is 19.8 Å². The van der Waals surface area contributed by atoms with E-state index in [1.807, 2.05) is 21.1 Å². The summed E-state index contributed by atoms with van der Waals surface area (Å²) >= 11 is 0. The number of phosphoric acid groups is 1. The molecule has 3 N–H and O–H groups in total. The van der Waals surface area contributed by atoms with Crippen LogP contribution in [0.4, 0.5) is 0 Å². The van der Waals surface area contributed by atoms with Crippen LogP contribution in [-0.2, 0) is 18.4 Å². The van der Waals surface area contributed by atoms with Gasteiger partial charge in [0.1, 0.15) is 13.2 Å². The van der Waals surface area contributed by atoms with Crippen LogP contribution in [0, 0.1) is 0 Å². The number of nitrogens with zero attached hydrogens (tertiary/aromatic N) is 1. The maximum atomic E-state index is 12.8. The molecule has 0 heterocycles. The molecule has 0 saturated heterocycles. The fourth-order valence-corrected chi connectivity index (χ4v) is 8.25. The van der Waals surface area contributed by atoms with E-state index in [0.717, 1.165) is 51.4 Å². The smallest absolute Gasteiger partial charge is 0.391 e. The fourth-order valence-electron chi connectivity index (χ4n) is 7.51. The van der Waals surface area contributed by atoms with Crippen LogP contribution in [0.5, 0.6) is 0 Å². The molecule has 0 aliphatic heterocycles. The first-order chi connectivity index (χ1) is 28.0. The van der Waals surface area contributed by atoms with Gasteiger partial charge >= 0.3 is 7.82 Å². The minimum atomic E-state index is -4.29. The fraction of sp³-hybridized carbons (Fsp3) is 0.939. The minimum Gasteiger partial charge on any atom is -0.391 e. The summed E-state index contributed by atoms with van der Waals surface area (Å²) in [4.78, 5) is 23.0. The Balaban J connectivity index is 3.79. The molecule has 58 heavy (non-hydrogen) atoms. The van der Waals surface area contributed by atoms with Crippen molar-refractivity contribution in [2.45, 2.75) is 257 Å². The molecule has 0 bridgehead atoms. The molecule has 3 atom stereocenters. The van der Waals surface area contributed by atoms with Gasteiger partial charge in [0.05, 0.1) is 39.9 Å². The lowest BCUT2D eigenvalue weighted by atomic mass is 10.0. The number of amides is 1. The Morgan fingerprint density at radius 2 is 0.931 bits per heavy atom. The predicted molar refractivity (Wildman–Crippen MR) is 249 cm³/mol. The maximum absolute atomic E-state index is 12.8. The van der Waals surface area contributed by atoms with Crippen molar-refractivity contribution in [1.82, 2.24) is 5.32 Å². The van der Waals surface area contributed by atoms with Crippen molar-refractivity contribution >= 4 is 13.7 Å². The van der Waals surface area contributed by atoms with Gasteiger partial charge in [-0.3, -0.25) is 13.8 Å². The Morgan fingerprint density at radius 1 is 0.569 bits per heavy atom. The van der Waals surface area contributed by atoms with E-state index in [-0.39, 0.29) is 19.1 Å². The van der Waals surface area contributed by atoms with E-state index in [1.54, 1.807) is 0 Å². The second kappa shape index (κ2) is 41.6. The molecule has 0 radical (unpaired) electrons. The molecule has 0 aromatic carbocycles. The Morgan fingerprint density at radius 3 is 1.33 bits per heavy atom. The third-order valence-electron chi connectivity index (χ3n) is 11.5. The topological polar surface area (TPSA) is 105 Å². The number of aliphatic hydroxyl groups excluding tert-OH is 1. The number of nitrogens with one attached hydrogen (secondary N) is 1. The number of aliphatic hydroxyl groups is 1. The number of unbranched alkanes of at least 4 members (excludes halogenated alkanes) is 31. The molecule has 0 fully saturated rings. The van der Waals surface area contributed by atoms with Crippen LogP contribution in [0.25, 0.3) is 0 Å². The van der Waals surface area contributed by atoms with Gasteiger partial charge in [-0.05, 0) is 38.5 Å². The van der Waals surface area contributed by atoms with Gasteiger partial charge in [0.2, 0.25) is 5.91 Å². The van der Waals surface area contributed by atoms with Crippen LogP contribution in [0.2, 0.25) is 0 Å². The monoisotopic (exact) mass is 844 g/mol. The number of hydrogen-bond acceptors (Lipinski definition) is 5. The first kappa shape index (κ1) is 57.2. The van der Waals surface area contributed by atoms with Crippen LogP contribution in [-0.4, -0.2) is 73.4 Å². The summed E-state index contributed by atoms with van der Waals surface area (Å²) in [6.07, 6.45) is 48.9. The summed E-state index contributed by atoms with van der Waals surface area (Å²) in [5, 5.41) is 13.8. The highest BCUT2D eigenvalue weighted by molar-refractivity contribution is 7.47. The SMILES string of the molecule is CCCCCCCCCC/C=C\CCCCCCCCCCCCCCCCCCCCCC(=O)NC(COP(=O)(O)OCC[N+](C)(C)C)C(O)CCCCCCC. The average molecular weight is 844 g/mol. The summed E-state index contributed by atoms with van der Waals surface area (Å²) in [7, 11) is 1.62. The van der Waals surface area contributed by atoms with Gasteiger partial charge in [0, 0.05) is 6.42 Å². The summed E-state index contributed by atoms with van der Waals surface area (Å²) in [6, 6.07) is -0.752. The Labute approximate surface area is 361 Å². The second-order valence-corrected chi connectivity index (χ2v) is 20.0. The van der Waals surface area contributed by atoms with Crippen molar-refractivity contribution in [3.63, 3.8) is 0 Å². The normalized spacial score (nSPS) is 14.3. The van der Waals surface area contributed by atoms with E-state index in [9.17, 15) is 19.4 Å². The van der Waals surface area contributed by atoms with Crippen molar-refractivity contribution in [2.75, 3.05) is 40.9 Å². The van der Waals surface area contributed by atoms with Crippen molar-refractivity contribution in [1.29, 1.82) is 0 Å². The average Bonchev–Trinajstić information content (AvgIpc) is 3.17. The molecule has 1 amide bonds. The Hall–Kier alpha value is -0.760. The predicted octanol–water partition coefficient (Wildman–Crippen LogP) is 14.3. The molecule has 0 saturated carbocycles. The van der Waals surface area contributed by atoms with Crippen molar-refractivity contribution in [3.05, 3.63) is 12.2 Å². The zero-order chi connectivity index (χ0) is 42.8. The molecular weight excluding hydrogens is 744 g/mol. The van der Waals surface area contributed by atoms with Gasteiger partial charge in [-0.25, -0.2) is 4.57 Å². The van der Waals surface area contributed by atoms with Crippen LogP contribution < -0.4 is 5.32 Å². The highest BCUT2D eigenvalue weighted by Crippen LogP contribution is 2.43. The highest BCUT2D eigenvalue weighted by Gasteiger charge is 2.28. The zero-order valence-corrected chi connectivity index (χ0v) is 40.2. The number of carbonyl (C=O) groups is 1. The number of hydrogen-bond donors (Lipinski definition) is 3. The van der Waals surface area contributed by atoms with Crippen LogP contribution in [0.3, 0.4) is 0 Å². The van der Waals surface area contributed by atoms with E-state index in [1.165, 1.54) is 167 Å². The van der Waals surface area contributed by atoms with Gasteiger partial charge in [-0.2, -0.15) is 0 Å². The lowest BCUT2D eigenvalue weighted by Crippen LogP contribution is -2.46. The number of phosphoric ester groups is 1. The van der Waals surface area contributed by atoms with Crippen molar-refractivity contribution in [3.8, 4) is 0 Å². The summed E-state index contributed by atoms with van der Waals surface area (Å²) in [5.41, 5.74) is 0. The van der Waals surface area contributed by atoms with Gasteiger partial charge in [-0.15, -0.1) is 0 Å². The Kier molecular flexibility index (Phi) is 41.0. The van der Waals surface area contributed by atoms with Crippen molar-refractivity contribution in [2.24, 2.45) is 0 Å². The summed E-state index contributed by atoms with van der Waals surface area (Å²) in [5.74, 6) is -0.147. The van der Waals surface area contributed by atoms with Crippen molar-refractivity contribution < 1.29 is 32.9 Å². The highest BCUT2D eigenvalue weighted by atomic mass is 31.2.